The van der Waals surface area contributed by atoms with E-state index in [0.717, 1.165) is 24.7 Å². The molecule has 0 amide bonds. The maximum Gasteiger partial charge on any atom is 0.303 e. The van der Waals surface area contributed by atoms with Gasteiger partial charge in [0.2, 0.25) is 0 Å². The lowest BCUT2D eigenvalue weighted by Gasteiger charge is -2.18. The monoisotopic (exact) mass is 504 g/mol. The molecule has 2 unspecified atom stereocenters. The van der Waals surface area contributed by atoms with Crippen LogP contribution < -0.4 is 0 Å². The Morgan fingerprint density at radius 1 is 0.545 bits per heavy atom. The van der Waals surface area contributed by atoms with Crippen molar-refractivity contribution in [3.63, 3.8) is 0 Å². The van der Waals surface area contributed by atoms with Crippen molar-refractivity contribution in [3.05, 3.63) is 0 Å². The van der Waals surface area contributed by atoms with E-state index < -0.39 is 5.97 Å². The summed E-state index contributed by atoms with van der Waals surface area (Å²) in [5.41, 5.74) is 0. The van der Waals surface area contributed by atoms with Crippen LogP contribution in [0.1, 0.15) is 157 Å². The molecule has 0 aromatic carbocycles. The zero-order valence-corrected chi connectivity index (χ0v) is 24.8. The van der Waals surface area contributed by atoms with Crippen molar-refractivity contribution in [2.24, 2.45) is 11.8 Å². The fourth-order valence-electron chi connectivity index (χ4n) is 3.94. The Labute approximate surface area is 217 Å². The number of hydrogen-bond acceptors (Lipinski definition) is 3. The summed E-state index contributed by atoms with van der Waals surface area (Å²) in [6.07, 6.45) is 25.0. The molecule has 0 aliphatic heterocycles. The Balaban J connectivity index is 0. The minimum Gasteiger partial charge on any atom is -0.481 e. The van der Waals surface area contributed by atoms with E-state index in [4.69, 9.17) is 5.11 Å². The summed E-state index contributed by atoms with van der Waals surface area (Å²) < 4.78 is 0. The van der Waals surface area contributed by atoms with E-state index in [1.54, 1.807) is 0 Å². The molecule has 2 atom stereocenters. The highest BCUT2D eigenvalue weighted by Gasteiger charge is 2.12. The molecule has 1 N–H and O–H groups in total. The van der Waals surface area contributed by atoms with Crippen LogP contribution in [0.5, 0.6) is 0 Å². The third-order valence-electron chi connectivity index (χ3n) is 6.30. The van der Waals surface area contributed by atoms with Gasteiger partial charge in [-0.05, 0) is 43.9 Å². The first-order valence-corrected chi connectivity index (χ1v) is 17.0. The number of carboxylic acids is 1. The second-order valence-electron chi connectivity index (χ2n) is 9.78. The van der Waals surface area contributed by atoms with E-state index in [-0.39, 0.29) is 0 Å². The fourth-order valence-corrected chi connectivity index (χ4v) is 6.92. The van der Waals surface area contributed by atoms with E-state index in [2.05, 4.69) is 49.3 Å². The zero-order chi connectivity index (χ0) is 25.0. The Morgan fingerprint density at radius 2 is 0.909 bits per heavy atom. The summed E-state index contributed by atoms with van der Waals surface area (Å²) in [7, 11) is 4.40. The lowest BCUT2D eigenvalue weighted by atomic mass is 9.97. The predicted octanol–water partition coefficient (Wildman–Crippen LogP) is 11.2. The predicted molar refractivity (Wildman–Crippen MR) is 156 cm³/mol. The highest BCUT2D eigenvalue weighted by Crippen LogP contribution is 2.32. The van der Waals surface area contributed by atoms with E-state index in [1.807, 2.05) is 6.92 Å². The summed E-state index contributed by atoms with van der Waals surface area (Å²) in [6, 6.07) is 0. The van der Waals surface area contributed by atoms with E-state index in [1.165, 1.54) is 114 Å². The van der Waals surface area contributed by atoms with Crippen molar-refractivity contribution in [1.29, 1.82) is 0 Å². The van der Waals surface area contributed by atoms with Crippen molar-refractivity contribution >= 4 is 27.6 Å². The highest BCUT2D eigenvalue weighted by molar-refractivity contribution is 8.76. The van der Waals surface area contributed by atoms with Crippen molar-refractivity contribution in [2.45, 2.75) is 157 Å². The SMILES string of the molecule is CCCCC(=O)O.CCCCCCC(CCCC)CSSCC(CCCC)CCCCCC. The quantitative estimate of drug-likeness (QED) is 0.105. The van der Waals surface area contributed by atoms with E-state index >= 15 is 0 Å². The first-order valence-electron chi connectivity index (χ1n) is 14.5. The third kappa shape index (κ3) is 30.1. The normalized spacial score (nSPS) is 12.8. The van der Waals surface area contributed by atoms with Crippen LogP contribution in [0.4, 0.5) is 0 Å². The van der Waals surface area contributed by atoms with Crippen LogP contribution >= 0.6 is 21.6 Å². The van der Waals surface area contributed by atoms with Crippen LogP contribution in [0.3, 0.4) is 0 Å². The van der Waals surface area contributed by atoms with Crippen molar-refractivity contribution in [1.82, 2.24) is 0 Å². The molecule has 0 aliphatic rings. The molecule has 0 spiro atoms. The van der Waals surface area contributed by atoms with Gasteiger partial charge in [0.05, 0.1) is 0 Å². The molecule has 0 bridgehead atoms. The van der Waals surface area contributed by atoms with Crippen LogP contribution in [-0.2, 0) is 4.79 Å². The Morgan fingerprint density at radius 3 is 1.21 bits per heavy atom. The largest absolute Gasteiger partial charge is 0.481 e. The molecule has 0 rings (SSSR count). The summed E-state index contributed by atoms with van der Waals surface area (Å²) in [4.78, 5) is 9.76. The maximum atomic E-state index is 9.76. The number of carboxylic acid groups (broad SMARTS) is 1. The second kappa shape index (κ2) is 30.2. The molecule has 0 saturated heterocycles. The van der Waals surface area contributed by atoms with Gasteiger partial charge < -0.3 is 5.11 Å². The van der Waals surface area contributed by atoms with Crippen LogP contribution in [0.2, 0.25) is 0 Å². The van der Waals surface area contributed by atoms with Gasteiger partial charge in [-0.1, -0.05) is 140 Å². The number of rotatable bonds is 24. The van der Waals surface area contributed by atoms with Gasteiger partial charge in [-0.3, -0.25) is 4.79 Å². The van der Waals surface area contributed by atoms with Crippen LogP contribution in [0.15, 0.2) is 0 Å². The van der Waals surface area contributed by atoms with Gasteiger partial charge in [0.1, 0.15) is 0 Å². The molecule has 0 aliphatic carbocycles. The highest BCUT2D eigenvalue weighted by atomic mass is 33.1. The van der Waals surface area contributed by atoms with Crippen molar-refractivity contribution < 1.29 is 9.90 Å². The zero-order valence-electron chi connectivity index (χ0n) is 23.2. The average Bonchev–Trinajstić information content (AvgIpc) is 2.81. The molecular formula is C29H60O2S2. The molecule has 33 heavy (non-hydrogen) atoms. The van der Waals surface area contributed by atoms with Crippen LogP contribution in [-0.4, -0.2) is 22.6 Å². The molecule has 0 heterocycles. The number of carbonyl (C=O) groups is 1. The molecule has 4 heteroatoms. The Kier molecular flexibility index (Phi) is 32.3. The molecule has 0 saturated carbocycles. The summed E-state index contributed by atoms with van der Waals surface area (Å²) in [5, 5.41) is 8.04. The lowest BCUT2D eigenvalue weighted by Crippen LogP contribution is -2.06. The molecular weight excluding hydrogens is 444 g/mol. The van der Waals surface area contributed by atoms with Crippen LogP contribution in [0.25, 0.3) is 0 Å². The smallest absolute Gasteiger partial charge is 0.303 e. The topological polar surface area (TPSA) is 37.3 Å². The summed E-state index contributed by atoms with van der Waals surface area (Å²) in [5.74, 6) is 4.05. The molecule has 0 radical (unpaired) electrons. The summed E-state index contributed by atoms with van der Waals surface area (Å²) >= 11 is 0. The number of hydrogen-bond donors (Lipinski definition) is 1. The number of unbranched alkanes of at least 4 members (excludes halogenated alkanes) is 9. The van der Waals surface area contributed by atoms with Gasteiger partial charge in [0.25, 0.3) is 0 Å². The van der Waals surface area contributed by atoms with Gasteiger partial charge in [-0.15, -0.1) is 0 Å². The Bertz CT molecular complexity index is 351. The van der Waals surface area contributed by atoms with E-state index in [0.29, 0.717) is 6.42 Å². The van der Waals surface area contributed by atoms with Gasteiger partial charge in [-0.25, -0.2) is 0 Å². The van der Waals surface area contributed by atoms with Gasteiger partial charge in [-0.2, -0.15) is 0 Å². The van der Waals surface area contributed by atoms with Crippen LogP contribution in [0, 0.1) is 11.8 Å². The first kappa shape index (κ1) is 35.3. The maximum absolute atomic E-state index is 9.76. The Hall–Kier alpha value is 0.170. The van der Waals surface area contributed by atoms with Crippen molar-refractivity contribution in [3.8, 4) is 0 Å². The molecule has 200 valence electrons. The van der Waals surface area contributed by atoms with Crippen molar-refractivity contribution in [2.75, 3.05) is 11.5 Å². The average molecular weight is 505 g/mol. The second-order valence-corrected chi connectivity index (χ2v) is 12.3. The lowest BCUT2D eigenvalue weighted by molar-refractivity contribution is -0.137. The molecule has 0 aromatic heterocycles. The fraction of sp³-hybridized carbons (Fsp3) is 0.966. The minimum atomic E-state index is -0.693. The molecule has 2 nitrogen and oxygen atoms in total. The van der Waals surface area contributed by atoms with Gasteiger partial charge in [0, 0.05) is 17.9 Å². The van der Waals surface area contributed by atoms with Gasteiger partial charge >= 0.3 is 5.97 Å². The summed E-state index contributed by atoms with van der Waals surface area (Å²) in [6.45, 7) is 11.3. The third-order valence-corrected chi connectivity index (χ3v) is 9.00. The first-order chi connectivity index (χ1) is 16.0. The molecule has 0 fully saturated rings. The van der Waals surface area contributed by atoms with E-state index in [9.17, 15) is 4.79 Å². The molecule has 0 aromatic rings. The van der Waals surface area contributed by atoms with Gasteiger partial charge in [0.15, 0.2) is 0 Å². The number of aliphatic carboxylic acids is 1. The standard InChI is InChI=1S/C24H50S2.C5H10O2/c1-5-9-13-15-19-23(17-11-7-3)21-25-26-22-24(18-12-8-4)20-16-14-10-6-2;1-2-3-4-5(6)7/h23-24H,5-22H2,1-4H3;2-4H2,1H3,(H,6,7). The minimum absolute atomic E-state index is 0.316.